The number of furan rings is 1. The fourth-order valence-electron chi connectivity index (χ4n) is 3.38. The summed E-state index contributed by atoms with van der Waals surface area (Å²) < 4.78 is 7.44. The lowest BCUT2D eigenvalue weighted by molar-refractivity contribution is -0.678. The first-order valence-electron chi connectivity index (χ1n) is 8.51. The molecule has 0 amide bonds. The average Bonchev–Trinajstić information content (AvgIpc) is 3.22. The van der Waals surface area contributed by atoms with Gasteiger partial charge in [-0.15, -0.1) is 0 Å². The number of rotatable bonds is 6. The zero-order valence-electron chi connectivity index (χ0n) is 14.0. The van der Waals surface area contributed by atoms with Crippen LogP contribution in [0, 0.1) is 0 Å². The van der Waals surface area contributed by atoms with E-state index >= 15 is 0 Å². The summed E-state index contributed by atoms with van der Waals surface area (Å²) in [5, 5.41) is 16.0. The molecule has 0 saturated heterocycles. The number of halogens is 2. The Bertz CT molecular complexity index is 982. The average molecular weight is 390 g/mol. The Morgan fingerprint density at radius 1 is 1.00 bits per heavy atom. The van der Waals surface area contributed by atoms with E-state index in [1.165, 1.54) is 0 Å². The molecule has 0 spiro atoms. The second-order valence-corrected chi connectivity index (χ2v) is 7.27. The summed E-state index contributed by atoms with van der Waals surface area (Å²) in [5.74, 6) is 0.901. The monoisotopic (exact) mass is 389 g/mol. The van der Waals surface area contributed by atoms with Crippen LogP contribution < -0.4 is 5.32 Å². The van der Waals surface area contributed by atoms with E-state index in [1.54, 1.807) is 6.26 Å². The van der Waals surface area contributed by atoms with Crippen molar-refractivity contribution in [2.24, 2.45) is 0 Å². The number of nitrogens with zero attached hydrogens (tertiary/aromatic N) is 1. The van der Waals surface area contributed by atoms with Gasteiger partial charge in [0.05, 0.1) is 12.8 Å². The summed E-state index contributed by atoms with van der Waals surface area (Å²) in [4.78, 5) is 0. The molecule has 2 aromatic carbocycles. The fourth-order valence-corrected chi connectivity index (χ4v) is 3.72. The SMILES string of the molecule is O[C@@H](C[NH2+]Cc1ccco1)Cn1c2ccc(Cl)cc2c2cc(Cl)ccc21. The molecule has 0 fully saturated rings. The van der Waals surface area contributed by atoms with Crippen molar-refractivity contribution in [3.8, 4) is 0 Å². The second kappa shape index (κ2) is 7.33. The van der Waals surface area contributed by atoms with Gasteiger partial charge >= 0.3 is 0 Å². The van der Waals surface area contributed by atoms with Crippen LogP contribution in [-0.2, 0) is 13.1 Å². The van der Waals surface area contributed by atoms with Crippen molar-refractivity contribution < 1.29 is 14.8 Å². The van der Waals surface area contributed by atoms with Crippen molar-refractivity contribution >= 4 is 45.0 Å². The molecule has 4 nitrogen and oxygen atoms in total. The maximum absolute atomic E-state index is 10.5. The van der Waals surface area contributed by atoms with E-state index in [0.29, 0.717) is 29.7 Å². The molecule has 0 aliphatic heterocycles. The van der Waals surface area contributed by atoms with E-state index < -0.39 is 6.10 Å². The van der Waals surface area contributed by atoms with Crippen molar-refractivity contribution in [3.05, 3.63) is 70.6 Å². The largest absolute Gasteiger partial charge is 0.463 e. The Labute approximate surface area is 160 Å². The Hall–Kier alpha value is -1.98. The number of benzene rings is 2. The van der Waals surface area contributed by atoms with Gasteiger partial charge in [0.25, 0.3) is 0 Å². The molecule has 0 radical (unpaired) electrons. The number of aliphatic hydroxyl groups excluding tert-OH is 1. The van der Waals surface area contributed by atoms with E-state index in [4.69, 9.17) is 27.6 Å². The predicted octanol–water partition coefficient (Wildman–Crippen LogP) is 3.82. The van der Waals surface area contributed by atoms with Crippen LogP contribution in [0.1, 0.15) is 5.76 Å². The minimum atomic E-state index is -0.491. The molecule has 6 heteroatoms. The lowest BCUT2D eigenvalue weighted by Crippen LogP contribution is -2.85. The van der Waals surface area contributed by atoms with Crippen LogP contribution in [-0.4, -0.2) is 22.3 Å². The summed E-state index contributed by atoms with van der Waals surface area (Å²) in [7, 11) is 0. The van der Waals surface area contributed by atoms with Gasteiger partial charge in [-0.2, -0.15) is 0 Å². The molecule has 26 heavy (non-hydrogen) atoms. The Kier molecular flexibility index (Phi) is 4.92. The molecule has 0 aliphatic carbocycles. The van der Waals surface area contributed by atoms with Crippen molar-refractivity contribution in [2.45, 2.75) is 19.2 Å². The van der Waals surface area contributed by atoms with Crippen LogP contribution in [0.15, 0.2) is 59.2 Å². The normalized spacial score (nSPS) is 12.9. The van der Waals surface area contributed by atoms with Crippen molar-refractivity contribution in [2.75, 3.05) is 6.54 Å². The number of hydrogen-bond acceptors (Lipinski definition) is 2. The smallest absolute Gasteiger partial charge is 0.157 e. The highest BCUT2D eigenvalue weighted by atomic mass is 35.5. The van der Waals surface area contributed by atoms with Crippen LogP contribution in [0.3, 0.4) is 0 Å². The maximum atomic E-state index is 10.5. The highest BCUT2D eigenvalue weighted by molar-refractivity contribution is 6.33. The van der Waals surface area contributed by atoms with Gasteiger partial charge in [-0.25, -0.2) is 0 Å². The lowest BCUT2D eigenvalue weighted by atomic mass is 10.1. The topological polar surface area (TPSA) is 54.9 Å². The Morgan fingerprint density at radius 3 is 2.23 bits per heavy atom. The van der Waals surface area contributed by atoms with Crippen molar-refractivity contribution in [1.29, 1.82) is 0 Å². The zero-order chi connectivity index (χ0) is 18.1. The standard InChI is InChI=1S/C20H18Cl2N2O2/c21-13-3-5-19-17(8-13)18-9-14(22)4-6-20(18)24(19)12-15(25)10-23-11-16-2-1-7-26-16/h1-9,15,23,25H,10-12H2/p+1/t15-/m0/s1. The molecule has 0 bridgehead atoms. The van der Waals surface area contributed by atoms with Crippen LogP contribution in [0.25, 0.3) is 21.8 Å². The second-order valence-electron chi connectivity index (χ2n) is 6.40. The fraction of sp³-hybridized carbons (Fsp3) is 0.200. The molecular formula is C20H19Cl2N2O2+. The van der Waals surface area contributed by atoms with Gasteiger partial charge in [-0.3, -0.25) is 0 Å². The first-order valence-corrected chi connectivity index (χ1v) is 9.26. The molecule has 4 rings (SSSR count). The Morgan fingerprint density at radius 2 is 1.65 bits per heavy atom. The molecular weight excluding hydrogens is 371 g/mol. The maximum Gasteiger partial charge on any atom is 0.157 e. The third-order valence-corrected chi connectivity index (χ3v) is 5.02. The van der Waals surface area contributed by atoms with Crippen LogP contribution in [0.5, 0.6) is 0 Å². The summed E-state index contributed by atoms with van der Waals surface area (Å²) in [6, 6.07) is 15.4. The van der Waals surface area contributed by atoms with E-state index in [9.17, 15) is 5.11 Å². The summed E-state index contributed by atoms with van der Waals surface area (Å²) in [5.41, 5.74) is 2.08. The molecule has 134 valence electrons. The first kappa shape index (κ1) is 17.4. The van der Waals surface area contributed by atoms with Gasteiger partial charge in [0.15, 0.2) is 5.76 Å². The highest BCUT2D eigenvalue weighted by Gasteiger charge is 2.15. The molecule has 0 unspecified atom stereocenters. The number of aliphatic hydroxyl groups is 1. The number of quaternary nitrogens is 1. The minimum Gasteiger partial charge on any atom is -0.463 e. The van der Waals surface area contributed by atoms with Crippen molar-refractivity contribution in [1.82, 2.24) is 4.57 Å². The van der Waals surface area contributed by atoms with Gasteiger partial charge in [0.1, 0.15) is 19.2 Å². The minimum absolute atomic E-state index is 0.491. The van der Waals surface area contributed by atoms with E-state index in [0.717, 1.165) is 27.6 Å². The number of hydrogen-bond donors (Lipinski definition) is 2. The molecule has 4 aromatic rings. The van der Waals surface area contributed by atoms with E-state index in [2.05, 4.69) is 4.57 Å². The molecule has 0 aliphatic rings. The lowest BCUT2D eigenvalue weighted by Gasteiger charge is -2.13. The number of fused-ring (bicyclic) bond motifs is 3. The van der Waals surface area contributed by atoms with Gasteiger partial charge in [0.2, 0.25) is 0 Å². The third-order valence-electron chi connectivity index (χ3n) is 4.55. The predicted molar refractivity (Wildman–Crippen MR) is 105 cm³/mol. The molecule has 2 heterocycles. The summed E-state index contributed by atoms with van der Waals surface area (Å²) in [6.07, 6.45) is 1.17. The van der Waals surface area contributed by atoms with Crippen LogP contribution in [0.2, 0.25) is 10.0 Å². The number of aromatic nitrogens is 1. The zero-order valence-corrected chi connectivity index (χ0v) is 15.5. The first-order chi connectivity index (χ1) is 12.6. The van der Waals surface area contributed by atoms with E-state index in [-0.39, 0.29) is 0 Å². The quantitative estimate of drug-likeness (QED) is 0.526. The van der Waals surface area contributed by atoms with Gasteiger partial charge in [0, 0.05) is 31.9 Å². The third kappa shape index (κ3) is 3.46. The molecule has 1 atom stereocenters. The van der Waals surface area contributed by atoms with Crippen LogP contribution in [0.4, 0.5) is 0 Å². The number of nitrogens with two attached hydrogens (primary N) is 1. The van der Waals surface area contributed by atoms with Gasteiger partial charge in [-0.05, 0) is 48.5 Å². The summed E-state index contributed by atoms with van der Waals surface area (Å²) >= 11 is 12.4. The van der Waals surface area contributed by atoms with E-state index in [1.807, 2.05) is 53.8 Å². The molecule has 2 aromatic heterocycles. The van der Waals surface area contributed by atoms with Crippen LogP contribution >= 0.6 is 23.2 Å². The molecule has 0 saturated carbocycles. The van der Waals surface area contributed by atoms with Gasteiger partial charge in [-0.1, -0.05) is 23.2 Å². The Balaban J connectivity index is 1.60. The summed E-state index contributed by atoms with van der Waals surface area (Å²) in [6.45, 7) is 1.80. The molecule has 3 N–H and O–H groups in total. The van der Waals surface area contributed by atoms with Crippen molar-refractivity contribution in [3.63, 3.8) is 0 Å². The van der Waals surface area contributed by atoms with Gasteiger partial charge < -0.3 is 19.4 Å². The highest BCUT2D eigenvalue weighted by Crippen LogP contribution is 2.32.